The number of nitrogens with one attached hydrogen (secondary N) is 2. The van der Waals surface area contributed by atoms with Crippen molar-refractivity contribution in [3.8, 4) is 0 Å². The lowest BCUT2D eigenvalue weighted by Crippen LogP contribution is -2.56. The molecule has 1 saturated heterocycles. The van der Waals surface area contributed by atoms with Gasteiger partial charge in [-0.1, -0.05) is 6.92 Å². The summed E-state index contributed by atoms with van der Waals surface area (Å²) in [6.07, 6.45) is 2.12. The maximum atomic E-state index is 12.2. The molecular weight excluding hydrogens is 250 g/mol. The Balaban J connectivity index is 2.65. The average Bonchev–Trinajstić information content (AvgIpc) is 2.83. The second kappa shape index (κ2) is 6.51. The molecule has 7 nitrogen and oxygen atoms in total. The first-order chi connectivity index (χ1) is 8.91. The summed E-state index contributed by atoms with van der Waals surface area (Å²) in [5, 5.41) is 14.7. The number of primary amides is 1. The van der Waals surface area contributed by atoms with Gasteiger partial charge in [-0.25, -0.2) is 4.79 Å². The van der Waals surface area contributed by atoms with Crippen LogP contribution >= 0.6 is 0 Å². The van der Waals surface area contributed by atoms with Gasteiger partial charge >= 0.3 is 5.97 Å². The summed E-state index contributed by atoms with van der Waals surface area (Å²) in [7, 11) is 0. The summed E-state index contributed by atoms with van der Waals surface area (Å²) in [5.41, 5.74) is 4.31. The van der Waals surface area contributed by atoms with Crippen LogP contribution in [0.2, 0.25) is 0 Å². The third-order valence-electron chi connectivity index (χ3n) is 3.56. The van der Waals surface area contributed by atoms with Crippen molar-refractivity contribution in [3.63, 3.8) is 0 Å². The Morgan fingerprint density at radius 1 is 1.47 bits per heavy atom. The largest absolute Gasteiger partial charge is 0.480 e. The van der Waals surface area contributed by atoms with Crippen LogP contribution in [-0.2, 0) is 14.4 Å². The number of carbonyl (C=O) groups excluding carboxylic acids is 2. The molecule has 1 heterocycles. The average molecular weight is 271 g/mol. The van der Waals surface area contributed by atoms with Gasteiger partial charge in [0.2, 0.25) is 11.8 Å². The third-order valence-corrected chi connectivity index (χ3v) is 3.56. The SMILES string of the molecule is CCC1(C(=O)N[C@H](CCC(N)=O)C(=O)O)CCCN1. The predicted molar refractivity (Wildman–Crippen MR) is 68.3 cm³/mol. The molecule has 7 heteroatoms. The van der Waals surface area contributed by atoms with Crippen molar-refractivity contribution in [2.45, 2.75) is 50.6 Å². The first-order valence-corrected chi connectivity index (χ1v) is 6.48. The van der Waals surface area contributed by atoms with Crippen molar-refractivity contribution in [2.75, 3.05) is 6.54 Å². The molecule has 1 aliphatic rings. The Morgan fingerprint density at radius 3 is 2.58 bits per heavy atom. The van der Waals surface area contributed by atoms with Crippen LogP contribution in [0, 0.1) is 0 Å². The van der Waals surface area contributed by atoms with E-state index in [9.17, 15) is 14.4 Å². The highest BCUT2D eigenvalue weighted by Gasteiger charge is 2.40. The molecule has 1 rings (SSSR count). The second-order valence-electron chi connectivity index (χ2n) is 4.84. The van der Waals surface area contributed by atoms with Gasteiger partial charge in [-0.3, -0.25) is 9.59 Å². The first-order valence-electron chi connectivity index (χ1n) is 6.48. The summed E-state index contributed by atoms with van der Waals surface area (Å²) in [6, 6.07) is -1.08. The highest BCUT2D eigenvalue weighted by atomic mass is 16.4. The molecular formula is C12H21N3O4. The molecule has 0 saturated carbocycles. The van der Waals surface area contributed by atoms with Gasteiger partial charge in [-0.2, -0.15) is 0 Å². The van der Waals surface area contributed by atoms with Crippen LogP contribution in [0.1, 0.15) is 39.0 Å². The fraction of sp³-hybridized carbons (Fsp3) is 0.750. The fourth-order valence-electron chi connectivity index (χ4n) is 2.30. The van der Waals surface area contributed by atoms with Crippen molar-refractivity contribution in [1.82, 2.24) is 10.6 Å². The topological polar surface area (TPSA) is 122 Å². The van der Waals surface area contributed by atoms with Crippen LogP contribution in [0.5, 0.6) is 0 Å². The molecule has 1 aliphatic heterocycles. The number of nitrogens with two attached hydrogens (primary N) is 1. The molecule has 2 atom stereocenters. The van der Waals surface area contributed by atoms with Crippen LogP contribution in [0.15, 0.2) is 0 Å². The van der Waals surface area contributed by atoms with E-state index in [-0.39, 0.29) is 18.7 Å². The number of rotatable bonds is 7. The number of hydrogen-bond donors (Lipinski definition) is 4. The van der Waals surface area contributed by atoms with Crippen LogP contribution < -0.4 is 16.4 Å². The van der Waals surface area contributed by atoms with E-state index in [4.69, 9.17) is 10.8 Å². The molecule has 1 fully saturated rings. The van der Waals surface area contributed by atoms with Gasteiger partial charge in [0.05, 0.1) is 5.54 Å². The quantitative estimate of drug-likeness (QED) is 0.490. The van der Waals surface area contributed by atoms with Gasteiger partial charge in [0.25, 0.3) is 0 Å². The molecule has 1 unspecified atom stereocenters. The van der Waals surface area contributed by atoms with E-state index >= 15 is 0 Å². The minimum absolute atomic E-state index is 0.0101. The normalized spacial score (nSPS) is 23.8. The molecule has 5 N–H and O–H groups in total. The maximum Gasteiger partial charge on any atom is 0.326 e. The monoisotopic (exact) mass is 271 g/mol. The van der Waals surface area contributed by atoms with Gasteiger partial charge in [-0.15, -0.1) is 0 Å². The van der Waals surface area contributed by atoms with Gasteiger partial charge in [0.1, 0.15) is 6.04 Å². The van der Waals surface area contributed by atoms with Crippen LogP contribution in [-0.4, -0.2) is 41.0 Å². The van der Waals surface area contributed by atoms with Crippen LogP contribution in [0.4, 0.5) is 0 Å². The highest BCUT2D eigenvalue weighted by molar-refractivity contribution is 5.90. The first kappa shape index (κ1) is 15.4. The molecule has 0 bridgehead atoms. The summed E-state index contributed by atoms with van der Waals surface area (Å²) in [4.78, 5) is 34.0. The van der Waals surface area contributed by atoms with Crippen molar-refractivity contribution in [3.05, 3.63) is 0 Å². The maximum absolute atomic E-state index is 12.2. The highest BCUT2D eigenvalue weighted by Crippen LogP contribution is 2.23. The summed E-state index contributed by atoms with van der Waals surface area (Å²) in [5.74, 6) is -2.05. The molecule has 0 aliphatic carbocycles. The van der Waals surface area contributed by atoms with E-state index in [1.54, 1.807) is 0 Å². The van der Waals surface area contributed by atoms with E-state index in [1.807, 2.05) is 6.92 Å². The molecule has 2 amide bonds. The summed E-state index contributed by atoms with van der Waals surface area (Å²) in [6.45, 7) is 2.64. The number of carbonyl (C=O) groups is 3. The molecule has 0 aromatic carbocycles. The third kappa shape index (κ3) is 3.92. The lowest BCUT2D eigenvalue weighted by Gasteiger charge is -2.28. The predicted octanol–water partition coefficient (Wildman–Crippen LogP) is -0.646. The molecule has 19 heavy (non-hydrogen) atoms. The summed E-state index contributed by atoms with van der Waals surface area (Å²) < 4.78 is 0. The van der Waals surface area contributed by atoms with Crippen molar-refractivity contribution in [2.24, 2.45) is 5.73 Å². The van der Waals surface area contributed by atoms with E-state index in [0.717, 1.165) is 13.0 Å². The Hall–Kier alpha value is -1.63. The Morgan fingerprint density at radius 2 is 2.16 bits per heavy atom. The number of aliphatic carboxylic acids is 1. The number of hydrogen-bond acceptors (Lipinski definition) is 4. The standard InChI is InChI=1S/C12H21N3O4/c1-2-12(6-3-7-14-12)11(19)15-8(10(17)18)4-5-9(13)16/h8,14H,2-7H2,1H3,(H2,13,16)(H,15,19)(H,17,18)/t8-,12?/m1/s1. The van der Waals surface area contributed by atoms with E-state index in [2.05, 4.69) is 10.6 Å². The molecule has 0 aromatic heterocycles. The lowest BCUT2D eigenvalue weighted by atomic mass is 9.92. The number of carboxylic acid groups (broad SMARTS) is 1. The minimum atomic E-state index is -1.15. The Bertz CT molecular complexity index is 364. The number of carboxylic acids is 1. The van der Waals surface area contributed by atoms with E-state index < -0.39 is 23.5 Å². The van der Waals surface area contributed by atoms with E-state index in [1.165, 1.54) is 0 Å². The molecule has 0 radical (unpaired) electrons. The summed E-state index contributed by atoms with van der Waals surface area (Å²) >= 11 is 0. The fourth-order valence-corrected chi connectivity index (χ4v) is 2.30. The van der Waals surface area contributed by atoms with Gasteiger partial charge < -0.3 is 21.5 Å². The van der Waals surface area contributed by atoms with Gasteiger partial charge in [0, 0.05) is 6.42 Å². The van der Waals surface area contributed by atoms with Crippen molar-refractivity contribution < 1.29 is 19.5 Å². The van der Waals surface area contributed by atoms with Gasteiger partial charge in [-0.05, 0) is 32.2 Å². The zero-order chi connectivity index (χ0) is 14.5. The zero-order valence-corrected chi connectivity index (χ0v) is 11.1. The minimum Gasteiger partial charge on any atom is -0.480 e. The zero-order valence-electron chi connectivity index (χ0n) is 11.1. The van der Waals surface area contributed by atoms with E-state index in [0.29, 0.717) is 12.8 Å². The van der Waals surface area contributed by atoms with Crippen LogP contribution in [0.25, 0.3) is 0 Å². The smallest absolute Gasteiger partial charge is 0.326 e. The molecule has 0 spiro atoms. The van der Waals surface area contributed by atoms with Crippen LogP contribution in [0.3, 0.4) is 0 Å². The molecule has 108 valence electrons. The second-order valence-corrected chi connectivity index (χ2v) is 4.84. The Labute approximate surface area is 111 Å². The van der Waals surface area contributed by atoms with Gasteiger partial charge in [0.15, 0.2) is 0 Å². The van der Waals surface area contributed by atoms with Crippen molar-refractivity contribution >= 4 is 17.8 Å². The number of amides is 2. The van der Waals surface area contributed by atoms with Crippen molar-refractivity contribution in [1.29, 1.82) is 0 Å². The Kier molecular flexibility index (Phi) is 5.29. The lowest BCUT2D eigenvalue weighted by molar-refractivity contribution is -0.143. The molecule has 0 aromatic rings.